The Morgan fingerprint density at radius 2 is 1.65 bits per heavy atom. The average Bonchev–Trinajstić information content (AvgIpc) is 2.73. The van der Waals surface area contributed by atoms with Crippen molar-refractivity contribution in [1.29, 1.82) is 0 Å². The minimum absolute atomic E-state index is 0. The van der Waals surface area contributed by atoms with E-state index in [-0.39, 0.29) is 30.9 Å². The Morgan fingerprint density at radius 3 is 1.71 bits per heavy atom. The summed E-state index contributed by atoms with van der Waals surface area (Å²) in [6.45, 7) is 12.0. The first kappa shape index (κ1) is 22.2. The van der Waals surface area contributed by atoms with Crippen LogP contribution in [0.3, 0.4) is 0 Å². The number of nitrogens with one attached hydrogen (secondary N) is 2. The molecule has 1 radical (unpaired) electrons. The molecule has 17 heavy (non-hydrogen) atoms. The Labute approximate surface area is 119 Å². The van der Waals surface area contributed by atoms with Gasteiger partial charge in [0.1, 0.15) is 0 Å². The van der Waals surface area contributed by atoms with Crippen LogP contribution in [0.2, 0.25) is 0 Å². The molecule has 0 fully saturated rings. The quantitative estimate of drug-likeness (QED) is 0.641. The van der Waals surface area contributed by atoms with E-state index >= 15 is 0 Å². The van der Waals surface area contributed by atoms with E-state index in [4.69, 9.17) is 5.73 Å². The minimum Gasteiger partial charge on any atom is -0.627 e. The van der Waals surface area contributed by atoms with Crippen molar-refractivity contribution >= 4 is 7.92 Å². The topological polar surface area (TPSA) is 28.2 Å². The zero-order chi connectivity index (χ0) is 13.0. The van der Waals surface area contributed by atoms with Gasteiger partial charge in [0, 0.05) is 43.8 Å². The molecular formula is C13H26CoN2P-. The number of rotatable bonds is 2. The molecule has 0 aromatic heterocycles. The largest absolute Gasteiger partial charge is 0.627 e. The molecule has 4 heteroatoms. The van der Waals surface area contributed by atoms with Crippen LogP contribution in [0, 0.1) is 6.20 Å². The molecule has 0 aliphatic rings. The van der Waals surface area contributed by atoms with Crippen molar-refractivity contribution in [2.24, 2.45) is 0 Å². The van der Waals surface area contributed by atoms with Crippen LogP contribution in [0.25, 0.3) is 5.73 Å². The van der Waals surface area contributed by atoms with Crippen LogP contribution in [0.5, 0.6) is 0 Å². The van der Waals surface area contributed by atoms with E-state index in [0.717, 1.165) is 4.90 Å². The third kappa shape index (κ3) is 25.9. The summed E-state index contributed by atoms with van der Waals surface area (Å²) in [5.41, 5.74) is 7.04. The SMILES string of the molecule is C=[C-][NH+](C)C(C)[NH-].C[PH+](C)C.[Co].c1cc[cH-]c1. The zero-order valence-corrected chi connectivity index (χ0v) is 13.5. The molecule has 0 spiro atoms. The zero-order valence-electron chi connectivity index (χ0n) is 11.5. The van der Waals surface area contributed by atoms with Gasteiger partial charge >= 0.3 is 0 Å². The summed E-state index contributed by atoms with van der Waals surface area (Å²) in [5.74, 6) is 0. The molecular weight excluding hydrogens is 274 g/mol. The Morgan fingerprint density at radius 1 is 1.29 bits per heavy atom. The summed E-state index contributed by atoms with van der Waals surface area (Å²) in [5, 5.41) is 0. The number of hydrogen-bond acceptors (Lipinski definition) is 0. The van der Waals surface area contributed by atoms with Crippen molar-refractivity contribution in [3.05, 3.63) is 48.8 Å². The standard InChI is InChI=1S/C5H11N2.C5H5.C3H9P.Co/c1-4-7(3)5(2)6;1-2-4-5-3-1;1-4(2)3;/h5-7H,1H2,2-3H3;1-5H;1-3H3;/q2*-1;;/p+1. The first-order valence-electron chi connectivity index (χ1n) is 5.42. The Kier molecular flexibility index (Phi) is 20.8. The van der Waals surface area contributed by atoms with E-state index in [1.165, 1.54) is 0 Å². The number of quaternary nitrogens is 1. The molecule has 2 atom stereocenters. The van der Waals surface area contributed by atoms with Crippen LogP contribution in [0.1, 0.15) is 6.92 Å². The van der Waals surface area contributed by atoms with Gasteiger partial charge in [-0.05, 0) is 21.0 Å². The van der Waals surface area contributed by atoms with Gasteiger partial charge in [-0.25, -0.2) is 18.7 Å². The molecule has 0 saturated heterocycles. The second kappa shape index (κ2) is 15.9. The molecule has 2 unspecified atom stereocenters. The monoisotopic (exact) mass is 300 g/mol. The summed E-state index contributed by atoms with van der Waals surface area (Å²) in [6, 6.07) is 10.0. The molecule has 1 aromatic carbocycles. The maximum Gasteiger partial charge on any atom is 0.0461 e. The van der Waals surface area contributed by atoms with Crippen molar-refractivity contribution in [2.45, 2.75) is 13.1 Å². The normalized spacial score (nSPS) is 11.9. The van der Waals surface area contributed by atoms with E-state index in [1.54, 1.807) is 6.92 Å². The van der Waals surface area contributed by atoms with E-state index < -0.39 is 0 Å². The molecule has 0 heterocycles. The van der Waals surface area contributed by atoms with E-state index in [0.29, 0.717) is 0 Å². The number of hydrogen-bond donors (Lipinski definition) is 1. The first-order chi connectivity index (χ1) is 7.41. The van der Waals surface area contributed by atoms with Crippen LogP contribution in [0.4, 0.5) is 0 Å². The summed E-state index contributed by atoms with van der Waals surface area (Å²) >= 11 is 0. The van der Waals surface area contributed by atoms with Crippen LogP contribution in [-0.2, 0) is 16.8 Å². The van der Waals surface area contributed by atoms with Crippen molar-refractivity contribution < 1.29 is 21.7 Å². The van der Waals surface area contributed by atoms with E-state index in [9.17, 15) is 0 Å². The van der Waals surface area contributed by atoms with Crippen LogP contribution in [-0.4, -0.2) is 33.2 Å². The van der Waals surface area contributed by atoms with Crippen molar-refractivity contribution in [3.8, 4) is 0 Å². The summed E-state index contributed by atoms with van der Waals surface area (Å²) in [7, 11) is 1.97. The molecule has 2 nitrogen and oxygen atoms in total. The second-order valence-corrected chi connectivity index (χ2v) is 7.04. The fraction of sp³-hybridized carbons (Fsp3) is 0.462. The average molecular weight is 300 g/mol. The van der Waals surface area contributed by atoms with Gasteiger partial charge in [0.15, 0.2) is 0 Å². The van der Waals surface area contributed by atoms with Gasteiger partial charge in [-0.1, -0.05) is 0 Å². The van der Waals surface area contributed by atoms with Gasteiger partial charge < -0.3 is 10.6 Å². The maximum atomic E-state index is 7.04. The molecule has 1 aromatic rings. The molecule has 0 aliphatic heterocycles. The minimum atomic E-state index is -0.141. The summed E-state index contributed by atoms with van der Waals surface area (Å²) in [4.78, 5) is 0.903. The van der Waals surface area contributed by atoms with Gasteiger partial charge in [-0.2, -0.15) is 18.2 Å². The van der Waals surface area contributed by atoms with Gasteiger partial charge in [0.25, 0.3) is 0 Å². The van der Waals surface area contributed by atoms with E-state index in [1.807, 2.05) is 37.4 Å². The van der Waals surface area contributed by atoms with E-state index in [2.05, 4.69) is 32.8 Å². The van der Waals surface area contributed by atoms with Gasteiger partial charge in [0.2, 0.25) is 0 Å². The maximum absolute atomic E-state index is 7.04. The van der Waals surface area contributed by atoms with Crippen molar-refractivity contribution in [1.82, 2.24) is 0 Å². The molecule has 103 valence electrons. The van der Waals surface area contributed by atoms with Crippen LogP contribution in [0.15, 0.2) is 36.9 Å². The predicted octanol–water partition coefficient (Wildman–Crippen LogP) is 2.34. The van der Waals surface area contributed by atoms with Crippen molar-refractivity contribution in [2.75, 3.05) is 27.0 Å². The van der Waals surface area contributed by atoms with Gasteiger partial charge in [0.05, 0.1) is 0 Å². The van der Waals surface area contributed by atoms with Gasteiger partial charge in [-0.3, -0.25) is 6.20 Å². The molecule has 0 aliphatic carbocycles. The molecule has 2 N–H and O–H groups in total. The van der Waals surface area contributed by atoms with Crippen LogP contribution >= 0.6 is 7.92 Å². The van der Waals surface area contributed by atoms with Crippen molar-refractivity contribution in [3.63, 3.8) is 0 Å². The fourth-order valence-electron chi connectivity index (χ4n) is 0.474. The fourth-order valence-corrected chi connectivity index (χ4v) is 0.474. The molecule has 0 amide bonds. The van der Waals surface area contributed by atoms with Gasteiger partial charge in [-0.15, -0.1) is 0 Å². The summed E-state index contributed by atoms with van der Waals surface area (Å²) < 4.78 is 0. The first-order valence-corrected chi connectivity index (χ1v) is 8.42. The predicted molar refractivity (Wildman–Crippen MR) is 77.7 cm³/mol. The van der Waals surface area contributed by atoms with Crippen LogP contribution < -0.4 is 4.90 Å². The summed E-state index contributed by atoms with van der Waals surface area (Å²) in [6.07, 6.45) is 2.50. The Hall–Kier alpha value is -0.0535. The Balaban J connectivity index is -0.000000175. The smallest absolute Gasteiger partial charge is 0.0461 e. The molecule has 0 bridgehead atoms. The molecule has 0 saturated carbocycles. The second-order valence-electron chi connectivity index (χ2n) is 4.04. The third-order valence-corrected chi connectivity index (χ3v) is 1.48. The third-order valence-electron chi connectivity index (χ3n) is 1.48. The molecule has 1 rings (SSSR count). The Bertz CT molecular complexity index is 203.